The summed E-state index contributed by atoms with van der Waals surface area (Å²) < 4.78 is 2.05. The van der Waals surface area contributed by atoms with E-state index < -0.39 is 0 Å². The number of para-hydroxylation sites is 1. The molecule has 0 N–H and O–H groups in total. The van der Waals surface area contributed by atoms with Gasteiger partial charge in [-0.3, -0.25) is 14.3 Å². The van der Waals surface area contributed by atoms with Crippen LogP contribution in [0.2, 0.25) is 0 Å². The van der Waals surface area contributed by atoms with Crippen LogP contribution >= 0.6 is 11.8 Å². The number of likely N-dealkylation sites (tertiary alicyclic amines) is 1. The number of carbonyl (C=O) groups excluding carboxylic acids is 1. The number of rotatable bonds is 5. The SMILES string of the molecule is Cc1ccccc1-n1c(SC(C)C(=O)N2CCC(C)CC2)nnc1-c1ccncc1. The highest BCUT2D eigenvalue weighted by atomic mass is 32.2. The minimum atomic E-state index is -0.226. The van der Waals surface area contributed by atoms with Crippen molar-refractivity contribution >= 4 is 17.7 Å². The van der Waals surface area contributed by atoms with Crippen LogP contribution in [0.1, 0.15) is 32.3 Å². The molecule has 0 saturated carbocycles. The Balaban J connectivity index is 1.66. The lowest BCUT2D eigenvalue weighted by Gasteiger charge is -2.32. The topological polar surface area (TPSA) is 63.9 Å². The maximum Gasteiger partial charge on any atom is 0.235 e. The van der Waals surface area contributed by atoms with E-state index in [1.165, 1.54) is 11.8 Å². The van der Waals surface area contributed by atoms with E-state index in [2.05, 4.69) is 45.7 Å². The predicted molar refractivity (Wildman–Crippen MR) is 120 cm³/mol. The number of pyridine rings is 1. The van der Waals surface area contributed by atoms with E-state index >= 15 is 0 Å². The molecule has 1 fully saturated rings. The van der Waals surface area contributed by atoms with Gasteiger partial charge in [0.05, 0.1) is 10.9 Å². The molecule has 3 heterocycles. The molecular formula is C23H27N5OS. The molecule has 1 amide bonds. The number of hydrogen-bond acceptors (Lipinski definition) is 5. The average Bonchev–Trinajstić information content (AvgIpc) is 3.18. The molecule has 4 rings (SSSR count). The van der Waals surface area contributed by atoms with Crippen LogP contribution in [0.4, 0.5) is 0 Å². The fourth-order valence-electron chi connectivity index (χ4n) is 3.76. The van der Waals surface area contributed by atoms with Gasteiger partial charge in [0.2, 0.25) is 5.91 Å². The van der Waals surface area contributed by atoms with Crippen molar-refractivity contribution in [2.75, 3.05) is 13.1 Å². The Morgan fingerprint density at radius 3 is 2.50 bits per heavy atom. The lowest BCUT2D eigenvalue weighted by molar-refractivity contribution is -0.131. The molecule has 1 atom stereocenters. The molecule has 0 radical (unpaired) electrons. The second-order valence-electron chi connectivity index (χ2n) is 7.93. The number of aromatic nitrogens is 4. The minimum absolute atomic E-state index is 0.177. The predicted octanol–water partition coefficient (Wildman–Crippen LogP) is 4.38. The Labute approximate surface area is 181 Å². The van der Waals surface area contributed by atoms with E-state index in [1.54, 1.807) is 12.4 Å². The zero-order valence-corrected chi connectivity index (χ0v) is 18.5. The quantitative estimate of drug-likeness (QED) is 0.572. The van der Waals surface area contributed by atoms with Gasteiger partial charge in [-0.1, -0.05) is 36.9 Å². The van der Waals surface area contributed by atoms with Crippen LogP contribution in [-0.2, 0) is 4.79 Å². The fraction of sp³-hybridized carbons (Fsp3) is 0.391. The number of hydrogen-bond donors (Lipinski definition) is 0. The van der Waals surface area contributed by atoms with E-state index in [9.17, 15) is 4.79 Å². The first-order valence-electron chi connectivity index (χ1n) is 10.4. The van der Waals surface area contributed by atoms with E-state index in [1.807, 2.05) is 36.1 Å². The number of piperidine rings is 1. The standard InChI is InChI=1S/C23H27N5OS/c1-16-10-14-27(15-11-16)22(29)18(3)30-23-26-25-21(19-8-12-24-13-9-19)28(23)20-7-5-4-6-17(20)2/h4-9,12-13,16,18H,10-11,14-15H2,1-3H3. The van der Waals surface area contributed by atoms with Crippen LogP contribution in [0.5, 0.6) is 0 Å². The van der Waals surface area contributed by atoms with Crippen molar-refractivity contribution in [2.45, 2.75) is 44.0 Å². The molecule has 1 aliphatic rings. The van der Waals surface area contributed by atoms with Gasteiger partial charge in [0.15, 0.2) is 11.0 Å². The van der Waals surface area contributed by atoms with Gasteiger partial charge in [-0.25, -0.2) is 0 Å². The molecule has 1 aliphatic heterocycles. The Morgan fingerprint density at radius 2 is 1.80 bits per heavy atom. The summed E-state index contributed by atoms with van der Waals surface area (Å²) in [5, 5.41) is 9.45. The maximum absolute atomic E-state index is 13.0. The van der Waals surface area contributed by atoms with E-state index in [0.29, 0.717) is 5.92 Å². The zero-order chi connectivity index (χ0) is 21.1. The third-order valence-corrected chi connectivity index (χ3v) is 6.68. The average molecular weight is 422 g/mol. The molecule has 1 aromatic carbocycles. The van der Waals surface area contributed by atoms with Gasteiger partial charge < -0.3 is 4.90 Å². The van der Waals surface area contributed by atoms with Gasteiger partial charge >= 0.3 is 0 Å². The number of thioether (sulfide) groups is 1. The Kier molecular flexibility index (Phi) is 6.18. The summed E-state index contributed by atoms with van der Waals surface area (Å²) in [4.78, 5) is 19.1. The van der Waals surface area contributed by atoms with Crippen LogP contribution < -0.4 is 0 Å². The molecule has 7 heteroatoms. The Morgan fingerprint density at radius 1 is 1.10 bits per heavy atom. The summed E-state index contributed by atoms with van der Waals surface area (Å²) in [6, 6.07) is 12.0. The third-order valence-electron chi connectivity index (χ3n) is 5.65. The van der Waals surface area contributed by atoms with Crippen molar-refractivity contribution in [2.24, 2.45) is 5.92 Å². The van der Waals surface area contributed by atoms with E-state index in [0.717, 1.165) is 53.7 Å². The molecule has 2 aromatic heterocycles. The van der Waals surface area contributed by atoms with Gasteiger partial charge in [-0.15, -0.1) is 10.2 Å². The molecule has 0 spiro atoms. The molecule has 156 valence electrons. The molecular weight excluding hydrogens is 394 g/mol. The van der Waals surface area contributed by atoms with E-state index in [4.69, 9.17) is 0 Å². The Hall–Kier alpha value is -2.67. The van der Waals surface area contributed by atoms with Gasteiger partial charge in [0.25, 0.3) is 0 Å². The van der Waals surface area contributed by atoms with Gasteiger partial charge in [0.1, 0.15) is 0 Å². The highest BCUT2D eigenvalue weighted by Gasteiger charge is 2.27. The number of amides is 1. The van der Waals surface area contributed by atoms with Crippen molar-refractivity contribution < 1.29 is 4.79 Å². The van der Waals surface area contributed by atoms with Crippen molar-refractivity contribution in [1.29, 1.82) is 0 Å². The van der Waals surface area contributed by atoms with Gasteiger partial charge in [-0.05, 0) is 56.4 Å². The first kappa shape index (κ1) is 20.6. The lowest BCUT2D eigenvalue weighted by Crippen LogP contribution is -2.41. The third kappa shape index (κ3) is 4.26. The smallest absolute Gasteiger partial charge is 0.235 e. The summed E-state index contributed by atoms with van der Waals surface area (Å²) >= 11 is 1.47. The van der Waals surface area contributed by atoms with Crippen molar-refractivity contribution in [3.63, 3.8) is 0 Å². The fourth-order valence-corrected chi connectivity index (χ4v) is 4.70. The number of aryl methyl sites for hydroxylation is 1. The van der Waals surface area contributed by atoms with E-state index in [-0.39, 0.29) is 11.2 Å². The minimum Gasteiger partial charge on any atom is -0.342 e. The number of nitrogens with zero attached hydrogens (tertiary/aromatic N) is 5. The van der Waals surface area contributed by atoms with Crippen molar-refractivity contribution in [1.82, 2.24) is 24.6 Å². The summed E-state index contributed by atoms with van der Waals surface area (Å²) in [7, 11) is 0. The van der Waals surface area contributed by atoms with Crippen LogP contribution in [0.3, 0.4) is 0 Å². The second kappa shape index (κ2) is 9.00. The molecule has 1 saturated heterocycles. The maximum atomic E-state index is 13.0. The second-order valence-corrected chi connectivity index (χ2v) is 9.24. The first-order chi connectivity index (χ1) is 14.5. The number of benzene rings is 1. The monoisotopic (exact) mass is 421 g/mol. The highest BCUT2D eigenvalue weighted by Crippen LogP contribution is 2.32. The van der Waals surface area contributed by atoms with Crippen LogP contribution in [0.15, 0.2) is 53.9 Å². The van der Waals surface area contributed by atoms with Crippen LogP contribution in [0, 0.1) is 12.8 Å². The largest absolute Gasteiger partial charge is 0.342 e. The molecule has 1 unspecified atom stereocenters. The summed E-state index contributed by atoms with van der Waals surface area (Å²) in [5.41, 5.74) is 3.08. The molecule has 3 aromatic rings. The van der Waals surface area contributed by atoms with Gasteiger partial charge in [0, 0.05) is 31.0 Å². The van der Waals surface area contributed by atoms with Crippen molar-refractivity contribution in [3.05, 3.63) is 54.4 Å². The molecule has 0 bridgehead atoms. The molecule has 6 nitrogen and oxygen atoms in total. The van der Waals surface area contributed by atoms with Crippen LogP contribution in [0.25, 0.3) is 17.1 Å². The van der Waals surface area contributed by atoms with Crippen LogP contribution in [-0.4, -0.2) is 48.9 Å². The number of carbonyl (C=O) groups is 1. The van der Waals surface area contributed by atoms with Crippen molar-refractivity contribution in [3.8, 4) is 17.1 Å². The Bertz CT molecular complexity index is 1010. The zero-order valence-electron chi connectivity index (χ0n) is 17.7. The molecule has 0 aliphatic carbocycles. The lowest BCUT2D eigenvalue weighted by atomic mass is 9.99. The summed E-state index contributed by atoms with van der Waals surface area (Å²) in [6.07, 6.45) is 5.66. The normalized spacial score (nSPS) is 15.9. The summed E-state index contributed by atoms with van der Waals surface area (Å²) in [5.74, 6) is 1.63. The highest BCUT2D eigenvalue weighted by molar-refractivity contribution is 8.00. The summed E-state index contributed by atoms with van der Waals surface area (Å²) in [6.45, 7) is 7.98. The molecule has 30 heavy (non-hydrogen) atoms. The first-order valence-corrected chi connectivity index (χ1v) is 11.3. The van der Waals surface area contributed by atoms with Gasteiger partial charge in [-0.2, -0.15) is 0 Å².